The van der Waals surface area contributed by atoms with Gasteiger partial charge in [0.2, 0.25) is 0 Å². The first kappa shape index (κ1) is 13.4. The molecule has 2 aromatic rings. The van der Waals surface area contributed by atoms with Crippen LogP contribution in [0.3, 0.4) is 0 Å². The molecule has 3 N–H and O–H groups in total. The van der Waals surface area contributed by atoms with E-state index in [-0.39, 0.29) is 0 Å². The lowest BCUT2D eigenvalue weighted by molar-refractivity contribution is 0.107. The second-order valence-corrected chi connectivity index (χ2v) is 3.46. The van der Waals surface area contributed by atoms with Crippen molar-refractivity contribution >= 4 is 0 Å². The minimum absolute atomic E-state index is 0.676. The first-order chi connectivity index (χ1) is 8.45. The quantitative estimate of drug-likeness (QED) is 0.795. The van der Waals surface area contributed by atoms with Gasteiger partial charge in [-0.2, -0.15) is 0 Å². The lowest BCUT2D eigenvalue weighted by Crippen LogP contribution is -1.93. The summed E-state index contributed by atoms with van der Waals surface area (Å²) in [5.41, 5.74) is 2.43. The maximum absolute atomic E-state index is 6.50. The smallest absolute Gasteiger partial charge is 0.0721 e. The van der Waals surface area contributed by atoms with Gasteiger partial charge in [0.25, 0.3) is 0 Å². The fourth-order valence-electron chi connectivity index (χ4n) is 1.44. The van der Waals surface area contributed by atoms with Gasteiger partial charge in [0, 0.05) is 0 Å². The van der Waals surface area contributed by atoms with E-state index in [4.69, 9.17) is 9.94 Å². The van der Waals surface area contributed by atoms with Gasteiger partial charge in [-0.15, -0.1) is 0 Å². The standard InChI is InChI=1S/C14H14O.H3NO/c1-3-7-13(8-4-1)11-15-12-14-9-5-2-6-10-14;1-2/h1-10H,11-12H2;2H,1H2. The van der Waals surface area contributed by atoms with Crippen LogP contribution in [-0.4, -0.2) is 5.21 Å². The zero-order valence-electron chi connectivity index (χ0n) is 9.62. The van der Waals surface area contributed by atoms with E-state index in [2.05, 4.69) is 30.2 Å². The van der Waals surface area contributed by atoms with Crippen LogP contribution in [0.25, 0.3) is 0 Å². The molecule has 0 saturated heterocycles. The fourth-order valence-corrected chi connectivity index (χ4v) is 1.44. The molecule has 0 bridgehead atoms. The van der Waals surface area contributed by atoms with Crippen molar-refractivity contribution in [1.29, 1.82) is 0 Å². The molecule has 0 aromatic heterocycles. The second kappa shape index (κ2) is 8.47. The fraction of sp³-hybridized carbons (Fsp3) is 0.143. The van der Waals surface area contributed by atoms with Crippen molar-refractivity contribution in [3.63, 3.8) is 0 Å². The summed E-state index contributed by atoms with van der Waals surface area (Å²) in [7, 11) is 0. The van der Waals surface area contributed by atoms with Crippen LogP contribution in [-0.2, 0) is 18.0 Å². The topological polar surface area (TPSA) is 55.5 Å². The Labute approximate surface area is 101 Å². The molecule has 17 heavy (non-hydrogen) atoms. The molecule has 0 fully saturated rings. The number of hydrogen-bond acceptors (Lipinski definition) is 3. The van der Waals surface area contributed by atoms with Crippen LogP contribution < -0.4 is 5.90 Å². The summed E-state index contributed by atoms with van der Waals surface area (Å²) in [6, 6.07) is 20.4. The van der Waals surface area contributed by atoms with E-state index in [1.54, 1.807) is 0 Å². The Hall–Kier alpha value is -1.68. The summed E-state index contributed by atoms with van der Waals surface area (Å²) >= 11 is 0. The number of hydrogen-bond donors (Lipinski definition) is 2. The monoisotopic (exact) mass is 231 g/mol. The van der Waals surface area contributed by atoms with E-state index < -0.39 is 0 Å². The Balaban J connectivity index is 0.000000686. The molecule has 0 unspecified atom stereocenters. The number of rotatable bonds is 4. The Kier molecular flexibility index (Phi) is 6.67. The van der Waals surface area contributed by atoms with Gasteiger partial charge in [0.15, 0.2) is 0 Å². The third-order valence-electron chi connectivity index (χ3n) is 2.22. The molecule has 90 valence electrons. The van der Waals surface area contributed by atoms with Crippen molar-refractivity contribution in [2.24, 2.45) is 5.90 Å². The summed E-state index contributed by atoms with van der Waals surface area (Å²) in [5, 5.41) is 6.50. The summed E-state index contributed by atoms with van der Waals surface area (Å²) in [6.07, 6.45) is 0. The van der Waals surface area contributed by atoms with Crippen LogP contribution >= 0.6 is 0 Å². The van der Waals surface area contributed by atoms with Gasteiger partial charge >= 0.3 is 0 Å². The Morgan fingerprint density at radius 2 is 1.06 bits per heavy atom. The van der Waals surface area contributed by atoms with Gasteiger partial charge in [-0.25, -0.2) is 5.90 Å². The highest BCUT2D eigenvalue weighted by Crippen LogP contribution is 2.05. The van der Waals surface area contributed by atoms with Gasteiger partial charge in [0.1, 0.15) is 0 Å². The van der Waals surface area contributed by atoms with Gasteiger partial charge in [0.05, 0.1) is 13.2 Å². The van der Waals surface area contributed by atoms with E-state index in [1.807, 2.05) is 36.4 Å². The van der Waals surface area contributed by atoms with Gasteiger partial charge in [-0.05, 0) is 11.1 Å². The van der Waals surface area contributed by atoms with E-state index in [0.717, 1.165) is 0 Å². The predicted octanol–water partition coefficient (Wildman–Crippen LogP) is 2.74. The summed E-state index contributed by atoms with van der Waals surface area (Å²) < 4.78 is 5.61. The van der Waals surface area contributed by atoms with Gasteiger partial charge in [-0.3, -0.25) is 0 Å². The second-order valence-electron chi connectivity index (χ2n) is 3.46. The van der Waals surface area contributed by atoms with Crippen LogP contribution in [0.1, 0.15) is 11.1 Å². The van der Waals surface area contributed by atoms with Crippen LogP contribution in [0.2, 0.25) is 0 Å². The van der Waals surface area contributed by atoms with Crippen molar-refractivity contribution in [2.45, 2.75) is 13.2 Å². The highest BCUT2D eigenvalue weighted by molar-refractivity contribution is 5.15. The predicted molar refractivity (Wildman–Crippen MR) is 67.4 cm³/mol. The van der Waals surface area contributed by atoms with Crippen LogP contribution in [0.4, 0.5) is 0 Å². The molecule has 3 heteroatoms. The van der Waals surface area contributed by atoms with E-state index in [1.165, 1.54) is 11.1 Å². The van der Waals surface area contributed by atoms with Crippen molar-refractivity contribution in [3.05, 3.63) is 71.8 Å². The lowest BCUT2D eigenvalue weighted by Gasteiger charge is -2.03. The normalized spacial score (nSPS) is 9.29. The maximum Gasteiger partial charge on any atom is 0.0721 e. The van der Waals surface area contributed by atoms with Crippen molar-refractivity contribution in [1.82, 2.24) is 0 Å². The van der Waals surface area contributed by atoms with Crippen molar-refractivity contribution < 1.29 is 9.94 Å². The van der Waals surface area contributed by atoms with Crippen LogP contribution in [0.5, 0.6) is 0 Å². The molecule has 0 saturated carbocycles. The first-order valence-corrected chi connectivity index (χ1v) is 5.36. The number of benzene rings is 2. The molecule has 0 aliphatic carbocycles. The molecular weight excluding hydrogens is 214 g/mol. The third kappa shape index (κ3) is 5.26. The van der Waals surface area contributed by atoms with Gasteiger partial charge in [-0.1, -0.05) is 60.7 Å². The molecule has 0 atom stereocenters. The molecule has 0 heterocycles. The first-order valence-electron chi connectivity index (χ1n) is 5.36. The van der Waals surface area contributed by atoms with E-state index >= 15 is 0 Å². The molecule has 2 rings (SSSR count). The summed E-state index contributed by atoms with van der Waals surface area (Å²) in [5.74, 6) is 3.50. The Morgan fingerprint density at radius 3 is 1.41 bits per heavy atom. The Bertz CT molecular complexity index is 350. The Morgan fingerprint density at radius 1 is 0.706 bits per heavy atom. The average Bonchev–Trinajstić information content (AvgIpc) is 2.43. The molecule has 0 aliphatic rings. The zero-order valence-corrected chi connectivity index (χ0v) is 9.62. The molecule has 3 nitrogen and oxygen atoms in total. The molecule has 0 spiro atoms. The molecule has 2 aromatic carbocycles. The van der Waals surface area contributed by atoms with E-state index in [9.17, 15) is 0 Å². The van der Waals surface area contributed by atoms with Crippen molar-refractivity contribution in [2.75, 3.05) is 0 Å². The summed E-state index contributed by atoms with van der Waals surface area (Å²) in [4.78, 5) is 0. The molecule has 0 radical (unpaired) electrons. The third-order valence-corrected chi connectivity index (χ3v) is 2.22. The highest BCUT2D eigenvalue weighted by Gasteiger charge is 1.93. The maximum atomic E-state index is 6.50. The average molecular weight is 231 g/mol. The molecule has 0 aliphatic heterocycles. The molecule has 0 amide bonds. The van der Waals surface area contributed by atoms with Gasteiger partial charge < -0.3 is 9.94 Å². The lowest BCUT2D eigenvalue weighted by atomic mass is 10.2. The SMILES string of the molecule is NO.c1ccc(COCc2ccccc2)cc1. The minimum atomic E-state index is 0.676. The number of ether oxygens (including phenoxy) is 1. The van der Waals surface area contributed by atoms with Crippen molar-refractivity contribution in [3.8, 4) is 0 Å². The number of nitrogens with two attached hydrogens (primary N) is 1. The minimum Gasteiger partial charge on any atom is -0.372 e. The largest absolute Gasteiger partial charge is 0.372 e. The zero-order chi connectivity index (χ0) is 12.3. The highest BCUT2D eigenvalue weighted by atomic mass is 16.5. The molecular formula is C14H17NO2. The van der Waals surface area contributed by atoms with E-state index in [0.29, 0.717) is 13.2 Å². The summed E-state index contributed by atoms with van der Waals surface area (Å²) in [6.45, 7) is 1.35. The van der Waals surface area contributed by atoms with Crippen LogP contribution in [0, 0.1) is 0 Å². The van der Waals surface area contributed by atoms with Crippen LogP contribution in [0.15, 0.2) is 60.7 Å².